The van der Waals surface area contributed by atoms with Gasteiger partial charge in [0, 0.05) is 10.0 Å². The summed E-state index contributed by atoms with van der Waals surface area (Å²) in [5, 5.41) is 18.6. The predicted molar refractivity (Wildman–Crippen MR) is 130 cm³/mol. The number of sulfonamides is 1. The van der Waals surface area contributed by atoms with Crippen LogP contribution in [0.4, 0.5) is 11.4 Å². The van der Waals surface area contributed by atoms with Gasteiger partial charge in [0.25, 0.3) is 15.9 Å². The van der Waals surface area contributed by atoms with Gasteiger partial charge in [0.15, 0.2) is 0 Å². The smallest absolute Gasteiger partial charge is 0.296 e. The first kappa shape index (κ1) is 23.2. The Morgan fingerprint density at radius 1 is 1.03 bits per heavy atom. The summed E-state index contributed by atoms with van der Waals surface area (Å²) in [7, 11) is -3.91. The van der Waals surface area contributed by atoms with Gasteiger partial charge < -0.3 is 5.11 Å². The molecule has 0 aromatic heterocycles. The lowest BCUT2D eigenvalue weighted by Crippen LogP contribution is -2.15. The van der Waals surface area contributed by atoms with Crippen molar-refractivity contribution in [3.05, 3.63) is 92.9 Å². The van der Waals surface area contributed by atoms with Crippen molar-refractivity contribution in [2.75, 3.05) is 4.72 Å². The Kier molecular flexibility index (Phi) is 6.64. The van der Waals surface area contributed by atoms with E-state index in [4.69, 9.17) is 11.6 Å². The van der Waals surface area contributed by atoms with Crippen LogP contribution in [0, 0.1) is 0 Å². The maximum absolute atomic E-state index is 13.0. The summed E-state index contributed by atoms with van der Waals surface area (Å²) in [5.74, 6) is -0.841. The summed E-state index contributed by atoms with van der Waals surface area (Å²) in [6, 6.07) is 14.0. The molecule has 1 amide bonds. The van der Waals surface area contributed by atoms with Crippen molar-refractivity contribution in [1.29, 1.82) is 0 Å². The van der Waals surface area contributed by atoms with Crippen molar-refractivity contribution < 1.29 is 18.3 Å². The van der Waals surface area contributed by atoms with Crippen LogP contribution in [0.1, 0.15) is 21.5 Å². The zero-order valence-corrected chi connectivity index (χ0v) is 20.2. The second-order valence-electron chi connectivity index (χ2n) is 7.17. The molecule has 0 spiro atoms. The maximum Gasteiger partial charge on any atom is 0.296 e. The minimum atomic E-state index is -3.91. The highest BCUT2D eigenvalue weighted by molar-refractivity contribution is 9.10. The summed E-state index contributed by atoms with van der Waals surface area (Å²) in [6.07, 6.45) is 4.57. The van der Waals surface area contributed by atoms with Gasteiger partial charge in [-0.3, -0.25) is 9.52 Å². The number of rotatable bonds is 5. The van der Waals surface area contributed by atoms with Crippen molar-refractivity contribution in [3.8, 4) is 5.75 Å². The van der Waals surface area contributed by atoms with E-state index in [0.29, 0.717) is 24.0 Å². The van der Waals surface area contributed by atoms with E-state index in [0.717, 1.165) is 4.47 Å². The molecule has 0 unspecified atom stereocenters. The first-order valence-electron chi connectivity index (χ1n) is 9.78. The molecule has 33 heavy (non-hydrogen) atoms. The predicted octanol–water partition coefficient (Wildman–Crippen LogP) is 6.19. The Morgan fingerprint density at radius 2 is 1.70 bits per heavy atom. The number of carbonyl (C=O) groups is 1. The van der Waals surface area contributed by atoms with E-state index >= 15 is 0 Å². The lowest BCUT2D eigenvalue weighted by molar-refractivity contribution is 0.0995. The Balaban J connectivity index is 1.73. The van der Waals surface area contributed by atoms with Crippen molar-refractivity contribution in [3.63, 3.8) is 0 Å². The van der Waals surface area contributed by atoms with Gasteiger partial charge in [0.2, 0.25) is 0 Å². The van der Waals surface area contributed by atoms with E-state index < -0.39 is 15.9 Å². The highest BCUT2D eigenvalue weighted by Gasteiger charge is 2.23. The fraction of sp³-hybridized carbons (Fsp3) is 0.0870. The summed E-state index contributed by atoms with van der Waals surface area (Å²) in [6.45, 7) is 0. The monoisotopic (exact) mass is 545 g/mol. The van der Waals surface area contributed by atoms with E-state index in [1.165, 1.54) is 24.3 Å². The molecule has 4 rings (SSSR count). The van der Waals surface area contributed by atoms with E-state index in [2.05, 4.69) is 30.9 Å². The van der Waals surface area contributed by atoms with Gasteiger partial charge in [-0.25, -0.2) is 8.42 Å². The van der Waals surface area contributed by atoms with Crippen molar-refractivity contribution in [1.82, 2.24) is 0 Å². The van der Waals surface area contributed by atoms with Crippen LogP contribution in [-0.2, 0) is 22.9 Å². The van der Waals surface area contributed by atoms with Gasteiger partial charge in [0.05, 0.1) is 21.2 Å². The number of amides is 1. The van der Waals surface area contributed by atoms with E-state index in [1.807, 2.05) is 12.2 Å². The molecule has 0 fully saturated rings. The Hall–Kier alpha value is -3.01. The first-order chi connectivity index (χ1) is 15.8. The number of hydrogen-bond acceptors (Lipinski definition) is 5. The fourth-order valence-electron chi connectivity index (χ4n) is 3.38. The van der Waals surface area contributed by atoms with Gasteiger partial charge in [-0.2, -0.15) is 0 Å². The number of nitrogens with one attached hydrogen (secondary N) is 1. The first-order valence-corrected chi connectivity index (χ1v) is 12.4. The summed E-state index contributed by atoms with van der Waals surface area (Å²) >= 11 is 9.32. The van der Waals surface area contributed by atoms with Gasteiger partial charge in [-0.05, 0) is 60.9 Å². The van der Waals surface area contributed by atoms with Crippen LogP contribution in [0.3, 0.4) is 0 Å². The maximum atomic E-state index is 13.0. The van der Waals surface area contributed by atoms with Crippen LogP contribution in [-0.4, -0.2) is 19.4 Å². The molecule has 1 aliphatic rings. The number of aromatic hydroxyl groups is 1. The number of nitrogens with zero attached hydrogens (tertiary/aromatic N) is 2. The number of anilines is 1. The van der Waals surface area contributed by atoms with Crippen molar-refractivity contribution >= 4 is 54.8 Å². The average molecular weight is 547 g/mol. The number of carbonyl (C=O) groups excluding carboxylic acids is 1. The molecule has 0 bridgehead atoms. The lowest BCUT2D eigenvalue weighted by atomic mass is 9.93. The zero-order valence-electron chi connectivity index (χ0n) is 17.0. The minimum Gasteiger partial charge on any atom is -0.505 e. The highest BCUT2D eigenvalue weighted by Crippen LogP contribution is 2.41. The van der Waals surface area contributed by atoms with Crippen LogP contribution >= 0.6 is 27.5 Å². The third-order valence-electron chi connectivity index (χ3n) is 5.03. The van der Waals surface area contributed by atoms with E-state index in [1.54, 1.807) is 30.3 Å². The lowest BCUT2D eigenvalue weighted by Gasteiger charge is -2.19. The molecule has 3 aromatic carbocycles. The molecule has 7 nitrogen and oxygen atoms in total. The number of phenols is 1. The summed E-state index contributed by atoms with van der Waals surface area (Å²) in [4.78, 5) is 12.5. The SMILES string of the molecule is O=C(N=Nc1cc(NS(=O)(=O)c2ccc(Br)cc2)c2c(c1O)CC=CC2)c1ccccc1Cl. The number of benzene rings is 3. The third-order valence-corrected chi connectivity index (χ3v) is 7.27. The fourth-order valence-corrected chi connectivity index (χ4v) is 4.94. The third kappa shape index (κ3) is 5.00. The average Bonchev–Trinajstić information content (AvgIpc) is 2.80. The molecule has 10 heteroatoms. The molecule has 1 aliphatic carbocycles. The number of halogens is 2. The van der Waals surface area contributed by atoms with Crippen LogP contribution < -0.4 is 4.72 Å². The van der Waals surface area contributed by atoms with Crippen LogP contribution in [0.25, 0.3) is 0 Å². The van der Waals surface area contributed by atoms with Gasteiger partial charge >= 0.3 is 0 Å². The molecule has 0 heterocycles. The van der Waals surface area contributed by atoms with Crippen LogP contribution in [0.5, 0.6) is 5.75 Å². The molecule has 0 radical (unpaired) electrons. The molecule has 0 atom stereocenters. The molecule has 0 saturated heterocycles. The van der Waals surface area contributed by atoms with Crippen molar-refractivity contribution in [2.24, 2.45) is 10.2 Å². The molecule has 3 aromatic rings. The molecule has 168 valence electrons. The Morgan fingerprint density at radius 3 is 2.39 bits per heavy atom. The van der Waals surface area contributed by atoms with Gasteiger partial charge in [0.1, 0.15) is 11.4 Å². The molecule has 2 N–H and O–H groups in total. The summed E-state index contributed by atoms with van der Waals surface area (Å²) in [5.41, 5.74) is 1.55. The summed E-state index contributed by atoms with van der Waals surface area (Å²) < 4.78 is 29.2. The van der Waals surface area contributed by atoms with Crippen molar-refractivity contribution in [2.45, 2.75) is 17.7 Å². The normalized spacial score (nSPS) is 13.2. The van der Waals surface area contributed by atoms with Crippen LogP contribution in [0.2, 0.25) is 5.02 Å². The number of allylic oxidation sites excluding steroid dienone is 2. The van der Waals surface area contributed by atoms with Crippen LogP contribution in [0.15, 0.2) is 86.3 Å². The molecular weight excluding hydrogens is 530 g/mol. The number of hydrogen-bond donors (Lipinski definition) is 2. The quantitative estimate of drug-likeness (QED) is 0.226. The molecule has 0 saturated carbocycles. The Bertz CT molecular complexity index is 1400. The van der Waals surface area contributed by atoms with E-state index in [9.17, 15) is 18.3 Å². The standard InChI is InChI=1S/C23H17BrClN3O4S/c24-14-9-11-15(12-10-14)33(31,32)28-20-13-21(22(29)17-6-2-1-5-16(17)20)26-27-23(30)18-7-3-4-8-19(18)25/h1-4,7-13,28-29H,5-6H2. The second kappa shape index (κ2) is 9.46. The van der Waals surface area contributed by atoms with Gasteiger partial charge in [-0.1, -0.05) is 51.8 Å². The second-order valence-corrected chi connectivity index (χ2v) is 10.2. The van der Waals surface area contributed by atoms with Gasteiger partial charge in [-0.15, -0.1) is 10.2 Å². The Labute approximate surface area is 204 Å². The number of azo groups is 1. The minimum absolute atomic E-state index is 0.0297. The highest BCUT2D eigenvalue weighted by atomic mass is 79.9. The number of fused-ring (bicyclic) bond motifs is 1. The number of phenolic OH excluding ortho intramolecular Hbond substituents is 1. The topological polar surface area (TPSA) is 108 Å². The zero-order chi connectivity index (χ0) is 23.6. The largest absolute Gasteiger partial charge is 0.505 e. The molecular formula is C23H17BrClN3O4S. The molecule has 0 aliphatic heterocycles. The van der Waals surface area contributed by atoms with E-state index in [-0.39, 0.29) is 32.6 Å².